The van der Waals surface area contributed by atoms with E-state index in [0.717, 1.165) is 10.1 Å². The molecule has 0 amide bonds. The first-order valence-corrected chi connectivity index (χ1v) is 8.12. The van der Waals surface area contributed by atoms with Crippen LogP contribution >= 0.6 is 11.8 Å². The van der Waals surface area contributed by atoms with Crippen molar-refractivity contribution < 1.29 is 0 Å². The molecule has 0 saturated heterocycles. The molecule has 0 aliphatic rings. The summed E-state index contributed by atoms with van der Waals surface area (Å²) >= 11 is 1.28. The predicted molar refractivity (Wildman–Crippen MR) is 95.0 cm³/mol. The maximum atomic E-state index is 12.5. The second-order valence-electron chi connectivity index (χ2n) is 5.12. The third kappa shape index (κ3) is 2.61. The number of fused-ring (bicyclic) bond motifs is 1. The Morgan fingerprint density at radius 1 is 1.12 bits per heavy atom. The van der Waals surface area contributed by atoms with Gasteiger partial charge in [-0.15, -0.1) is 6.42 Å². The lowest BCUT2D eigenvalue weighted by molar-refractivity contribution is 0.703. The van der Waals surface area contributed by atoms with Crippen LogP contribution in [0.15, 0.2) is 44.9 Å². The van der Waals surface area contributed by atoms with Crippen LogP contribution < -0.4 is 11.2 Å². The lowest BCUT2D eigenvalue weighted by Gasteiger charge is -2.11. The van der Waals surface area contributed by atoms with Gasteiger partial charge in [-0.2, -0.15) is 0 Å². The molecular weight excluding hydrogens is 324 g/mol. The van der Waals surface area contributed by atoms with Crippen LogP contribution in [0.25, 0.3) is 22.4 Å². The van der Waals surface area contributed by atoms with Crippen LogP contribution in [0.5, 0.6) is 0 Å². The molecule has 0 spiro atoms. The van der Waals surface area contributed by atoms with Gasteiger partial charge in [-0.1, -0.05) is 48.0 Å². The summed E-state index contributed by atoms with van der Waals surface area (Å²) in [4.78, 5) is 33.7. The van der Waals surface area contributed by atoms with Crippen LogP contribution in [-0.4, -0.2) is 24.9 Å². The summed E-state index contributed by atoms with van der Waals surface area (Å²) in [5, 5.41) is 0.785. The molecule has 0 saturated carbocycles. The van der Waals surface area contributed by atoms with Gasteiger partial charge >= 0.3 is 5.69 Å². The van der Waals surface area contributed by atoms with E-state index in [1.165, 1.54) is 23.4 Å². The van der Waals surface area contributed by atoms with Crippen molar-refractivity contribution in [1.82, 2.24) is 19.1 Å². The van der Waals surface area contributed by atoms with Gasteiger partial charge in [-0.3, -0.25) is 13.9 Å². The predicted octanol–water partition coefficient (Wildman–Crippen LogP) is 1.42. The summed E-state index contributed by atoms with van der Waals surface area (Å²) in [6, 6.07) is 9.39. The number of aryl methyl sites for hydroxylation is 1. The molecule has 3 rings (SSSR count). The minimum atomic E-state index is -0.432. The van der Waals surface area contributed by atoms with Crippen molar-refractivity contribution in [2.24, 2.45) is 14.1 Å². The topological polar surface area (TPSA) is 69.8 Å². The Hall–Kier alpha value is -2.85. The minimum absolute atomic E-state index is 0.302. The first-order chi connectivity index (χ1) is 11.5. The lowest BCUT2D eigenvalue weighted by atomic mass is 10.2. The molecule has 6 nitrogen and oxygen atoms in total. The van der Waals surface area contributed by atoms with Crippen molar-refractivity contribution in [3.63, 3.8) is 0 Å². The van der Waals surface area contributed by atoms with Crippen molar-refractivity contribution in [3.05, 3.63) is 51.2 Å². The Bertz CT molecular complexity index is 1080. The Labute approximate surface area is 142 Å². The molecule has 0 bridgehead atoms. The van der Waals surface area contributed by atoms with Gasteiger partial charge in [0, 0.05) is 19.7 Å². The third-order valence-electron chi connectivity index (χ3n) is 3.59. The Morgan fingerprint density at radius 2 is 1.83 bits per heavy atom. The second-order valence-corrected chi connectivity index (χ2v) is 6.08. The quantitative estimate of drug-likeness (QED) is 0.410. The number of rotatable bonds is 3. The number of aromatic nitrogens is 4. The maximum Gasteiger partial charge on any atom is 0.332 e. The highest BCUT2D eigenvalue weighted by atomic mass is 32.2. The Morgan fingerprint density at radius 3 is 2.50 bits per heavy atom. The van der Waals surface area contributed by atoms with Gasteiger partial charge in [-0.05, 0) is 0 Å². The van der Waals surface area contributed by atoms with Crippen molar-refractivity contribution in [3.8, 4) is 23.7 Å². The number of hydrogen-bond acceptors (Lipinski definition) is 5. The molecule has 2 heterocycles. The molecular formula is C17H14N4O2S. The van der Waals surface area contributed by atoms with Crippen LogP contribution in [0.4, 0.5) is 0 Å². The molecule has 0 N–H and O–H groups in total. The number of thioether (sulfide) groups is 1. The SMILES string of the molecule is C#CCSc1nc(-c2ccccc2)nc2c1c(=O)n(C)c(=O)n2C. The molecule has 24 heavy (non-hydrogen) atoms. The number of benzene rings is 1. The summed E-state index contributed by atoms with van der Waals surface area (Å²) in [5.41, 5.74) is 0.247. The van der Waals surface area contributed by atoms with Crippen molar-refractivity contribution in [2.45, 2.75) is 5.03 Å². The average Bonchev–Trinajstić information content (AvgIpc) is 2.62. The standard InChI is InChI=1S/C17H14N4O2S/c1-4-10-24-15-12-14(20(2)17(23)21(3)16(12)22)18-13(19-15)11-8-6-5-7-9-11/h1,5-9H,10H2,2-3H3. The zero-order valence-corrected chi connectivity index (χ0v) is 14.0. The third-order valence-corrected chi connectivity index (χ3v) is 4.47. The van der Waals surface area contributed by atoms with Crippen LogP contribution in [0.2, 0.25) is 0 Å². The van der Waals surface area contributed by atoms with Crippen LogP contribution in [-0.2, 0) is 14.1 Å². The molecule has 0 aliphatic carbocycles. The van der Waals surface area contributed by atoms with E-state index in [0.29, 0.717) is 27.6 Å². The summed E-state index contributed by atoms with van der Waals surface area (Å²) in [6.07, 6.45) is 5.34. The molecule has 120 valence electrons. The fraction of sp³-hybridized carbons (Fsp3) is 0.176. The highest BCUT2D eigenvalue weighted by Gasteiger charge is 2.17. The van der Waals surface area contributed by atoms with Crippen molar-refractivity contribution >= 4 is 22.8 Å². The van der Waals surface area contributed by atoms with E-state index in [2.05, 4.69) is 15.9 Å². The molecule has 0 atom stereocenters. The van der Waals surface area contributed by atoms with Crippen LogP contribution in [0.3, 0.4) is 0 Å². The van der Waals surface area contributed by atoms with Gasteiger partial charge in [0.25, 0.3) is 5.56 Å². The normalized spacial score (nSPS) is 10.7. The summed E-state index contributed by atoms with van der Waals surface area (Å²) in [6.45, 7) is 0. The van der Waals surface area contributed by atoms with Crippen LogP contribution in [0, 0.1) is 12.3 Å². The monoisotopic (exact) mass is 338 g/mol. The van der Waals surface area contributed by atoms with E-state index in [1.807, 2.05) is 30.3 Å². The van der Waals surface area contributed by atoms with E-state index in [4.69, 9.17) is 6.42 Å². The summed E-state index contributed by atoms with van der Waals surface area (Å²) in [5.74, 6) is 3.34. The van der Waals surface area contributed by atoms with Crippen molar-refractivity contribution in [1.29, 1.82) is 0 Å². The lowest BCUT2D eigenvalue weighted by Crippen LogP contribution is -2.37. The molecule has 1 aromatic carbocycles. The zero-order valence-electron chi connectivity index (χ0n) is 13.2. The van der Waals surface area contributed by atoms with Gasteiger partial charge in [0.15, 0.2) is 11.5 Å². The first kappa shape index (κ1) is 16.0. The van der Waals surface area contributed by atoms with Crippen molar-refractivity contribution in [2.75, 3.05) is 5.75 Å². The molecule has 7 heteroatoms. The van der Waals surface area contributed by atoms with E-state index in [-0.39, 0.29) is 0 Å². The molecule has 0 radical (unpaired) electrons. The minimum Gasteiger partial charge on any atom is -0.280 e. The van der Waals surface area contributed by atoms with Gasteiger partial charge in [0.2, 0.25) is 0 Å². The van der Waals surface area contributed by atoms with E-state index in [1.54, 1.807) is 7.05 Å². The number of terminal acetylenes is 1. The zero-order chi connectivity index (χ0) is 17.3. The average molecular weight is 338 g/mol. The van der Waals surface area contributed by atoms with Gasteiger partial charge in [-0.25, -0.2) is 14.8 Å². The number of hydrogen-bond donors (Lipinski definition) is 0. The molecule has 2 aromatic heterocycles. The van der Waals surface area contributed by atoms with Gasteiger partial charge in [0.1, 0.15) is 10.4 Å². The van der Waals surface area contributed by atoms with Crippen LogP contribution in [0.1, 0.15) is 0 Å². The number of nitrogens with zero attached hydrogens (tertiary/aromatic N) is 4. The fourth-order valence-electron chi connectivity index (χ4n) is 2.36. The molecule has 3 aromatic rings. The van der Waals surface area contributed by atoms with E-state index in [9.17, 15) is 9.59 Å². The first-order valence-electron chi connectivity index (χ1n) is 7.14. The smallest absolute Gasteiger partial charge is 0.280 e. The highest BCUT2D eigenvalue weighted by molar-refractivity contribution is 7.99. The molecule has 0 unspecified atom stereocenters. The maximum absolute atomic E-state index is 12.5. The highest BCUT2D eigenvalue weighted by Crippen LogP contribution is 2.25. The Balaban J connectivity index is 2.42. The fourth-order valence-corrected chi connectivity index (χ4v) is 3.05. The molecule has 0 fully saturated rings. The van der Waals surface area contributed by atoms with E-state index < -0.39 is 11.2 Å². The summed E-state index contributed by atoms with van der Waals surface area (Å²) in [7, 11) is 3.02. The van der Waals surface area contributed by atoms with E-state index >= 15 is 0 Å². The van der Waals surface area contributed by atoms with Gasteiger partial charge in [0.05, 0.1) is 5.75 Å². The second kappa shape index (κ2) is 6.34. The van der Waals surface area contributed by atoms with Gasteiger partial charge < -0.3 is 0 Å². The Kier molecular flexibility index (Phi) is 4.23. The largest absolute Gasteiger partial charge is 0.332 e. The molecule has 0 aliphatic heterocycles. The summed E-state index contributed by atoms with van der Waals surface area (Å²) < 4.78 is 2.40.